The van der Waals surface area contributed by atoms with E-state index >= 15 is 0 Å². The van der Waals surface area contributed by atoms with Gasteiger partial charge in [-0.15, -0.1) is 0 Å². The highest BCUT2D eigenvalue weighted by molar-refractivity contribution is 8.13. The summed E-state index contributed by atoms with van der Waals surface area (Å²) >= 11 is 1.29. The molecule has 0 saturated carbocycles. The van der Waals surface area contributed by atoms with Crippen molar-refractivity contribution in [2.24, 2.45) is 5.92 Å². The average Bonchev–Trinajstić information content (AvgIpc) is 2.90. The Kier molecular flexibility index (Phi) is 11.5. The number of piperazine rings is 1. The molecular weight excluding hydrogens is 484 g/mol. The number of nitrogens with zero attached hydrogens (tertiary/aromatic N) is 3. The molecule has 3 amide bonds. The van der Waals surface area contributed by atoms with Gasteiger partial charge in [-0.3, -0.25) is 9.59 Å². The van der Waals surface area contributed by atoms with Crippen molar-refractivity contribution < 1.29 is 14.4 Å². The van der Waals surface area contributed by atoms with E-state index in [1.165, 1.54) is 11.8 Å². The van der Waals surface area contributed by atoms with E-state index in [4.69, 9.17) is 0 Å². The van der Waals surface area contributed by atoms with Crippen LogP contribution < -0.4 is 5.32 Å². The number of carbonyl (C=O) groups excluding carboxylic acids is 3. The van der Waals surface area contributed by atoms with Gasteiger partial charge in [-0.1, -0.05) is 79.3 Å². The Bertz CT molecular complexity index is 997. The van der Waals surface area contributed by atoms with Gasteiger partial charge in [-0.25, -0.2) is 4.79 Å². The van der Waals surface area contributed by atoms with Crippen molar-refractivity contribution in [1.29, 1.82) is 0 Å². The molecule has 1 aliphatic rings. The summed E-state index contributed by atoms with van der Waals surface area (Å²) < 4.78 is 0. The largest absolute Gasteiger partial charge is 0.338 e. The van der Waals surface area contributed by atoms with Crippen molar-refractivity contribution in [3.63, 3.8) is 0 Å². The molecule has 200 valence electrons. The van der Waals surface area contributed by atoms with Crippen LogP contribution in [0.15, 0.2) is 60.7 Å². The second-order valence-corrected chi connectivity index (χ2v) is 11.1. The molecule has 1 fully saturated rings. The van der Waals surface area contributed by atoms with E-state index in [-0.39, 0.29) is 23.0 Å². The first-order valence-corrected chi connectivity index (χ1v) is 14.0. The van der Waals surface area contributed by atoms with Crippen LogP contribution in [0.4, 0.5) is 4.79 Å². The summed E-state index contributed by atoms with van der Waals surface area (Å²) in [4.78, 5) is 44.6. The maximum atomic E-state index is 13.6. The van der Waals surface area contributed by atoms with E-state index in [0.717, 1.165) is 30.6 Å². The normalized spacial score (nSPS) is 15.6. The first-order chi connectivity index (χ1) is 17.8. The molecule has 0 aromatic heterocycles. The van der Waals surface area contributed by atoms with Crippen LogP contribution in [-0.2, 0) is 22.4 Å². The third-order valence-electron chi connectivity index (χ3n) is 6.60. The number of carbonyl (C=O) groups is 3. The fraction of sp³-hybridized carbons (Fsp3) is 0.483. The standard InChI is InChI=1S/C29H40N4O3S/c1-23(22-37-24(2)34)21-33(15-14-25-10-6-4-7-11-25)29(36)30-27(20-26-12-8-5-9-13-26)28(35)32-18-16-31(3)17-19-32/h4-13,23,27H,14-22H2,1-3H3,(H,30,36)/t23?,27-/m0/s1. The van der Waals surface area contributed by atoms with E-state index < -0.39 is 6.04 Å². The summed E-state index contributed by atoms with van der Waals surface area (Å²) in [6, 6.07) is 19.0. The Labute approximate surface area is 225 Å². The highest BCUT2D eigenvalue weighted by atomic mass is 32.2. The van der Waals surface area contributed by atoms with Crippen LogP contribution in [0.1, 0.15) is 25.0 Å². The van der Waals surface area contributed by atoms with Gasteiger partial charge in [0.25, 0.3) is 0 Å². The molecule has 8 heteroatoms. The second kappa shape index (κ2) is 14.8. The van der Waals surface area contributed by atoms with Crippen LogP contribution in [0.2, 0.25) is 0 Å². The number of hydrogen-bond donors (Lipinski definition) is 1. The number of hydrogen-bond acceptors (Lipinski definition) is 5. The van der Waals surface area contributed by atoms with Crippen LogP contribution in [0.3, 0.4) is 0 Å². The molecule has 2 aromatic carbocycles. The van der Waals surface area contributed by atoms with Crippen LogP contribution >= 0.6 is 11.8 Å². The predicted molar refractivity (Wildman–Crippen MR) is 151 cm³/mol. The van der Waals surface area contributed by atoms with Crippen molar-refractivity contribution in [2.45, 2.75) is 32.7 Å². The van der Waals surface area contributed by atoms with E-state index in [1.807, 2.05) is 53.4 Å². The minimum Gasteiger partial charge on any atom is -0.338 e. The first-order valence-electron chi connectivity index (χ1n) is 13.1. The SMILES string of the molecule is CC(=O)SCC(C)CN(CCc1ccccc1)C(=O)N[C@@H](Cc1ccccc1)C(=O)N1CCN(C)CC1. The molecule has 7 nitrogen and oxygen atoms in total. The molecule has 0 bridgehead atoms. The smallest absolute Gasteiger partial charge is 0.318 e. The summed E-state index contributed by atoms with van der Waals surface area (Å²) in [7, 11) is 2.06. The van der Waals surface area contributed by atoms with Gasteiger partial charge in [0.1, 0.15) is 6.04 Å². The van der Waals surface area contributed by atoms with Gasteiger partial charge >= 0.3 is 6.03 Å². The molecule has 0 spiro atoms. The summed E-state index contributed by atoms with van der Waals surface area (Å²) in [5.74, 6) is 0.753. The van der Waals surface area contributed by atoms with Crippen molar-refractivity contribution in [3.8, 4) is 0 Å². The Morgan fingerprint density at radius 1 is 0.946 bits per heavy atom. The van der Waals surface area contributed by atoms with E-state index in [9.17, 15) is 14.4 Å². The Hall–Kier alpha value is -2.84. The van der Waals surface area contributed by atoms with Gasteiger partial charge in [0.05, 0.1) is 0 Å². The molecule has 2 atom stereocenters. The van der Waals surface area contributed by atoms with Crippen molar-refractivity contribution >= 4 is 28.8 Å². The lowest BCUT2D eigenvalue weighted by atomic mass is 10.0. The lowest BCUT2D eigenvalue weighted by molar-refractivity contribution is -0.134. The maximum absolute atomic E-state index is 13.6. The monoisotopic (exact) mass is 524 g/mol. The van der Waals surface area contributed by atoms with Gasteiger partial charge < -0.3 is 20.0 Å². The number of thioether (sulfide) groups is 1. The Morgan fingerprint density at radius 2 is 1.54 bits per heavy atom. The molecule has 1 heterocycles. The van der Waals surface area contributed by atoms with Gasteiger partial charge in [0, 0.05) is 58.4 Å². The van der Waals surface area contributed by atoms with Crippen molar-refractivity contribution in [2.75, 3.05) is 52.1 Å². The van der Waals surface area contributed by atoms with Crippen LogP contribution in [0.25, 0.3) is 0 Å². The number of amides is 3. The number of nitrogens with one attached hydrogen (secondary N) is 1. The van der Waals surface area contributed by atoms with Crippen LogP contribution in [0.5, 0.6) is 0 Å². The zero-order chi connectivity index (χ0) is 26.6. The lowest BCUT2D eigenvalue weighted by Crippen LogP contribution is -2.57. The van der Waals surface area contributed by atoms with Crippen LogP contribution in [0, 0.1) is 5.92 Å². The molecule has 3 rings (SSSR count). The zero-order valence-electron chi connectivity index (χ0n) is 22.3. The molecule has 0 radical (unpaired) electrons. The number of rotatable bonds is 11. The maximum Gasteiger partial charge on any atom is 0.318 e. The fourth-order valence-electron chi connectivity index (χ4n) is 4.41. The highest BCUT2D eigenvalue weighted by Crippen LogP contribution is 2.14. The summed E-state index contributed by atoms with van der Waals surface area (Å²) in [6.07, 6.45) is 1.16. The topological polar surface area (TPSA) is 73.0 Å². The molecule has 0 aliphatic carbocycles. The van der Waals surface area contributed by atoms with Crippen molar-refractivity contribution in [3.05, 3.63) is 71.8 Å². The number of urea groups is 1. The molecule has 1 N–H and O–H groups in total. The summed E-state index contributed by atoms with van der Waals surface area (Å²) in [5.41, 5.74) is 2.16. The first kappa shape index (κ1) is 28.7. The number of benzene rings is 2. The van der Waals surface area contributed by atoms with E-state index in [1.54, 1.807) is 11.8 Å². The average molecular weight is 525 g/mol. The Morgan fingerprint density at radius 3 is 2.14 bits per heavy atom. The Balaban J connectivity index is 1.74. The number of likely N-dealkylation sites (N-methyl/N-ethyl adjacent to an activating group) is 1. The van der Waals surface area contributed by atoms with Gasteiger partial charge in [0.15, 0.2) is 5.12 Å². The van der Waals surface area contributed by atoms with Crippen molar-refractivity contribution in [1.82, 2.24) is 20.0 Å². The lowest BCUT2D eigenvalue weighted by Gasteiger charge is -2.35. The minimum atomic E-state index is -0.639. The quantitative estimate of drug-likeness (QED) is 0.487. The van der Waals surface area contributed by atoms with E-state index in [0.29, 0.717) is 38.4 Å². The molecule has 1 unspecified atom stereocenters. The fourth-order valence-corrected chi connectivity index (χ4v) is 5.04. The van der Waals surface area contributed by atoms with Gasteiger partial charge in [-0.05, 0) is 30.5 Å². The summed E-state index contributed by atoms with van der Waals surface area (Å²) in [5, 5.41) is 3.17. The highest BCUT2D eigenvalue weighted by Gasteiger charge is 2.30. The third-order valence-corrected chi connectivity index (χ3v) is 7.74. The van der Waals surface area contributed by atoms with E-state index in [2.05, 4.69) is 36.3 Å². The van der Waals surface area contributed by atoms with Crippen LogP contribution in [-0.4, -0.2) is 89.9 Å². The van der Waals surface area contributed by atoms with Gasteiger partial charge in [-0.2, -0.15) is 0 Å². The molecular formula is C29H40N4O3S. The third kappa shape index (κ3) is 9.85. The molecule has 37 heavy (non-hydrogen) atoms. The second-order valence-electron chi connectivity index (χ2n) is 9.91. The summed E-state index contributed by atoms with van der Waals surface area (Å²) in [6.45, 7) is 7.63. The molecule has 2 aromatic rings. The molecule has 1 aliphatic heterocycles. The van der Waals surface area contributed by atoms with Gasteiger partial charge in [0.2, 0.25) is 5.91 Å². The predicted octanol–water partition coefficient (Wildman–Crippen LogP) is 3.54. The molecule has 1 saturated heterocycles. The minimum absolute atomic E-state index is 0.0338. The zero-order valence-corrected chi connectivity index (χ0v) is 23.1.